The maximum absolute atomic E-state index is 10.1. The quantitative estimate of drug-likeness (QED) is 0.260. The number of hydrogen-bond acceptors (Lipinski definition) is 3. The van der Waals surface area contributed by atoms with Gasteiger partial charge in [0.1, 0.15) is 0 Å². The van der Waals surface area contributed by atoms with Gasteiger partial charge in [-0.05, 0) is 6.92 Å². The number of rotatable bonds is 4. The average Bonchev–Trinajstić information content (AvgIpc) is 2.33. The highest BCUT2D eigenvalue weighted by Gasteiger charge is 1.84. The van der Waals surface area contributed by atoms with E-state index in [4.69, 9.17) is 6.42 Å². The fraction of sp³-hybridized carbons (Fsp3) is 0.500. The van der Waals surface area contributed by atoms with E-state index in [-0.39, 0.29) is 5.97 Å². The third-order valence-electron chi connectivity index (χ3n) is 1.00. The van der Waals surface area contributed by atoms with Crippen molar-refractivity contribution in [1.29, 1.82) is 0 Å². The molecule has 0 aromatic heterocycles. The maximum Gasteiger partial charge on any atom is 0.330 e. The summed E-state index contributed by atoms with van der Waals surface area (Å²) in [6, 6.07) is 0. The number of carbonyl (C=O) groups is 2. The average molecular weight is 227 g/mol. The molecule has 0 heterocycles. The van der Waals surface area contributed by atoms with Gasteiger partial charge in [0.15, 0.2) is 0 Å². The lowest BCUT2D eigenvalue weighted by Gasteiger charge is -1.86. The van der Waals surface area contributed by atoms with Crippen molar-refractivity contribution in [2.45, 2.75) is 27.2 Å². The highest BCUT2D eigenvalue weighted by atomic mass is 16.5. The number of esters is 1. The monoisotopic (exact) mass is 227 g/mol. The predicted molar refractivity (Wildman–Crippen MR) is 65.7 cm³/mol. The van der Waals surface area contributed by atoms with Gasteiger partial charge in [-0.3, -0.25) is 4.79 Å². The van der Waals surface area contributed by atoms with Crippen molar-refractivity contribution in [2.24, 2.45) is 0 Å². The molecule has 0 aromatic rings. The van der Waals surface area contributed by atoms with Gasteiger partial charge in [0.05, 0.1) is 7.11 Å². The highest BCUT2D eigenvalue weighted by molar-refractivity contribution is 5.81. The Kier molecular flexibility index (Phi) is 28.7. The normalized spacial score (nSPS) is 7.44. The summed E-state index contributed by atoms with van der Waals surface area (Å²) in [6.07, 6.45) is 9.10. The van der Waals surface area contributed by atoms with Gasteiger partial charge in [-0.25, -0.2) is 4.79 Å². The van der Waals surface area contributed by atoms with Crippen LogP contribution in [0.4, 0.5) is 0 Å². The molecule has 0 aliphatic carbocycles. The van der Waals surface area contributed by atoms with Crippen molar-refractivity contribution < 1.29 is 14.3 Å². The van der Waals surface area contributed by atoms with Crippen LogP contribution in [-0.2, 0) is 14.3 Å². The summed E-state index contributed by atoms with van der Waals surface area (Å²) < 4.78 is 4.26. The topological polar surface area (TPSA) is 55.4 Å². The predicted octanol–water partition coefficient (Wildman–Crippen LogP) is 1.52. The van der Waals surface area contributed by atoms with Gasteiger partial charge in [0, 0.05) is 19.0 Å². The van der Waals surface area contributed by atoms with Gasteiger partial charge >= 0.3 is 5.97 Å². The van der Waals surface area contributed by atoms with E-state index in [2.05, 4.69) is 16.0 Å². The Labute approximate surface area is 98.1 Å². The lowest BCUT2D eigenvalue weighted by Crippen LogP contribution is -2.10. The molecule has 0 spiro atoms. The molecule has 0 fully saturated rings. The minimum atomic E-state index is -0.303. The Balaban J connectivity index is -0.000000183. The Morgan fingerprint density at radius 3 is 2.31 bits per heavy atom. The fourth-order valence-corrected chi connectivity index (χ4v) is 0.407. The van der Waals surface area contributed by atoms with E-state index in [1.54, 1.807) is 13.0 Å². The molecule has 0 aromatic carbocycles. The van der Waals surface area contributed by atoms with Crippen molar-refractivity contribution in [3.8, 4) is 12.3 Å². The highest BCUT2D eigenvalue weighted by Crippen LogP contribution is 1.73. The molecular weight excluding hydrogens is 206 g/mol. The van der Waals surface area contributed by atoms with E-state index < -0.39 is 0 Å². The minimum absolute atomic E-state index is 0.303. The molecule has 92 valence electrons. The second-order valence-corrected chi connectivity index (χ2v) is 2.05. The van der Waals surface area contributed by atoms with Crippen molar-refractivity contribution in [3.05, 3.63) is 12.2 Å². The van der Waals surface area contributed by atoms with Crippen molar-refractivity contribution in [1.82, 2.24) is 5.32 Å². The number of ether oxygens (including phenoxy) is 1. The van der Waals surface area contributed by atoms with Gasteiger partial charge in [-0.1, -0.05) is 19.9 Å². The summed E-state index contributed by atoms with van der Waals surface area (Å²) in [5.74, 6) is 2.08. The molecule has 0 saturated heterocycles. The standard InChI is InChI=1S/C5H7NO.C5H8O2.C2H6/c1-2-3-4-6-5-7;1-3-4-5(6)7-2;1-2/h1,5H,3-4H2,(H,6,7);3-4H,1-2H3;1-2H3/b;4-3+;. The molecule has 0 rings (SSSR count). The van der Waals surface area contributed by atoms with Crippen LogP contribution in [0.2, 0.25) is 0 Å². The second kappa shape index (κ2) is 23.2. The lowest BCUT2D eigenvalue weighted by molar-refractivity contribution is -0.134. The zero-order valence-electron chi connectivity index (χ0n) is 10.4. The van der Waals surface area contributed by atoms with Gasteiger partial charge in [0.25, 0.3) is 0 Å². The van der Waals surface area contributed by atoms with Crippen molar-refractivity contribution in [2.75, 3.05) is 13.7 Å². The van der Waals surface area contributed by atoms with E-state index in [0.717, 1.165) is 0 Å². The van der Waals surface area contributed by atoms with Crippen LogP contribution in [0.3, 0.4) is 0 Å². The first-order valence-corrected chi connectivity index (χ1v) is 5.04. The van der Waals surface area contributed by atoms with Crippen LogP contribution in [0.5, 0.6) is 0 Å². The Morgan fingerprint density at radius 1 is 1.50 bits per heavy atom. The third kappa shape index (κ3) is 29.5. The summed E-state index contributed by atoms with van der Waals surface area (Å²) in [4.78, 5) is 19.6. The number of allylic oxidation sites excluding steroid dienone is 1. The van der Waals surface area contributed by atoms with Crippen molar-refractivity contribution in [3.63, 3.8) is 0 Å². The summed E-state index contributed by atoms with van der Waals surface area (Å²) in [6.45, 7) is 6.34. The van der Waals surface area contributed by atoms with Crippen LogP contribution < -0.4 is 5.32 Å². The molecule has 1 amide bonds. The molecular formula is C12H21NO3. The second-order valence-electron chi connectivity index (χ2n) is 2.05. The Morgan fingerprint density at radius 2 is 2.06 bits per heavy atom. The molecule has 4 heteroatoms. The zero-order valence-corrected chi connectivity index (χ0v) is 10.4. The van der Waals surface area contributed by atoms with E-state index in [0.29, 0.717) is 19.4 Å². The van der Waals surface area contributed by atoms with Crippen LogP contribution in [0.15, 0.2) is 12.2 Å². The number of amides is 1. The summed E-state index contributed by atoms with van der Waals surface area (Å²) in [5.41, 5.74) is 0. The van der Waals surface area contributed by atoms with Crippen LogP contribution in [0, 0.1) is 12.3 Å². The molecule has 0 saturated carbocycles. The molecule has 0 atom stereocenters. The fourth-order valence-electron chi connectivity index (χ4n) is 0.407. The van der Waals surface area contributed by atoms with Gasteiger partial charge in [-0.15, -0.1) is 12.3 Å². The first-order chi connectivity index (χ1) is 7.72. The first kappa shape index (κ1) is 19.8. The molecule has 1 N–H and O–H groups in total. The molecule has 0 unspecified atom stereocenters. The lowest BCUT2D eigenvalue weighted by atomic mass is 10.4. The van der Waals surface area contributed by atoms with Crippen molar-refractivity contribution >= 4 is 12.4 Å². The summed E-state index contributed by atoms with van der Waals surface area (Å²) >= 11 is 0. The molecule has 4 nitrogen and oxygen atoms in total. The summed E-state index contributed by atoms with van der Waals surface area (Å²) in [5, 5.41) is 2.43. The Bertz CT molecular complexity index is 217. The summed E-state index contributed by atoms with van der Waals surface area (Å²) in [7, 11) is 1.35. The first-order valence-electron chi connectivity index (χ1n) is 5.04. The zero-order chi connectivity index (χ0) is 13.2. The maximum atomic E-state index is 10.1. The van der Waals surface area contributed by atoms with E-state index in [9.17, 15) is 9.59 Å². The van der Waals surface area contributed by atoms with E-state index >= 15 is 0 Å². The molecule has 0 bridgehead atoms. The SMILES string of the molecule is C#CCCNC=O.C/C=C/C(=O)OC.CC. The third-order valence-corrected chi connectivity index (χ3v) is 1.00. The molecule has 0 aliphatic heterocycles. The molecule has 0 aliphatic rings. The van der Waals surface area contributed by atoms with E-state index in [1.807, 2.05) is 13.8 Å². The van der Waals surface area contributed by atoms with Crippen LogP contribution in [0.1, 0.15) is 27.2 Å². The number of carbonyl (C=O) groups excluding carboxylic acids is 2. The molecule has 16 heavy (non-hydrogen) atoms. The minimum Gasteiger partial charge on any atom is -0.466 e. The number of terminal acetylenes is 1. The van der Waals surface area contributed by atoms with Crippen LogP contribution in [0.25, 0.3) is 0 Å². The Hall–Kier alpha value is -1.76. The molecule has 0 radical (unpaired) electrons. The van der Waals surface area contributed by atoms with Gasteiger partial charge in [0.2, 0.25) is 6.41 Å². The van der Waals surface area contributed by atoms with Crippen LogP contribution >= 0.6 is 0 Å². The number of nitrogens with one attached hydrogen (secondary N) is 1. The van der Waals surface area contributed by atoms with E-state index in [1.165, 1.54) is 13.2 Å². The smallest absolute Gasteiger partial charge is 0.330 e. The van der Waals surface area contributed by atoms with Gasteiger partial charge < -0.3 is 10.1 Å². The van der Waals surface area contributed by atoms with Crippen LogP contribution in [-0.4, -0.2) is 26.0 Å². The number of hydrogen-bond donors (Lipinski definition) is 1. The van der Waals surface area contributed by atoms with Gasteiger partial charge in [-0.2, -0.15) is 0 Å². The number of methoxy groups -OCH3 is 1. The largest absolute Gasteiger partial charge is 0.466 e.